The minimum absolute atomic E-state index is 0.0497. The molecule has 0 spiro atoms. The molecule has 104 valence electrons. The largest absolute Gasteiger partial charge is 0.338 e. The molecule has 4 nitrogen and oxygen atoms in total. The molecule has 0 aliphatic carbocycles. The molecular weight excluding hydrogens is 262 g/mol. The molecule has 1 fully saturated rings. The molecule has 1 saturated heterocycles. The maximum Gasteiger partial charge on any atom is 0.317 e. The average Bonchev–Trinajstić information content (AvgIpc) is 2.42. The van der Waals surface area contributed by atoms with Crippen molar-refractivity contribution < 1.29 is 4.79 Å². The van der Waals surface area contributed by atoms with Gasteiger partial charge in [0, 0.05) is 44.3 Å². The Morgan fingerprint density at radius 2 is 1.84 bits per heavy atom. The van der Waals surface area contributed by atoms with Gasteiger partial charge in [0.1, 0.15) is 0 Å². The lowest BCUT2D eigenvalue weighted by Crippen LogP contribution is -2.51. The zero-order valence-corrected chi connectivity index (χ0v) is 12.0. The Bertz CT molecular complexity index is 413. The van der Waals surface area contributed by atoms with Crippen LogP contribution in [0.5, 0.6) is 0 Å². The van der Waals surface area contributed by atoms with Crippen LogP contribution in [0.1, 0.15) is 12.5 Å². The van der Waals surface area contributed by atoms with Gasteiger partial charge in [0.05, 0.1) is 0 Å². The van der Waals surface area contributed by atoms with Gasteiger partial charge in [0.2, 0.25) is 0 Å². The molecule has 2 amide bonds. The van der Waals surface area contributed by atoms with Crippen molar-refractivity contribution in [2.75, 3.05) is 32.7 Å². The van der Waals surface area contributed by atoms with Crippen molar-refractivity contribution in [3.63, 3.8) is 0 Å². The Morgan fingerprint density at radius 3 is 2.42 bits per heavy atom. The number of carbonyl (C=O) groups excluding carboxylic acids is 1. The molecule has 1 aromatic carbocycles. The van der Waals surface area contributed by atoms with E-state index in [1.54, 1.807) is 0 Å². The number of nitrogens with one attached hydrogen (secondary N) is 1. The second-order valence-electron chi connectivity index (χ2n) is 4.73. The van der Waals surface area contributed by atoms with Crippen molar-refractivity contribution in [1.82, 2.24) is 15.1 Å². The Balaban J connectivity index is 1.80. The fourth-order valence-corrected chi connectivity index (χ4v) is 2.35. The minimum atomic E-state index is 0.0497. The maximum atomic E-state index is 11.7. The third kappa shape index (κ3) is 4.11. The van der Waals surface area contributed by atoms with Crippen LogP contribution >= 0.6 is 11.6 Å². The van der Waals surface area contributed by atoms with Gasteiger partial charge in [-0.1, -0.05) is 23.7 Å². The van der Waals surface area contributed by atoms with Crippen LogP contribution in [-0.2, 0) is 6.54 Å². The number of halogens is 1. The van der Waals surface area contributed by atoms with Crippen molar-refractivity contribution in [1.29, 1.82) is 0 Å². The highest BCUT2D eigenvalue weighted by atomic mass is 35.5. The first-order chi connectivity index (χ1) is 9.19. The number of nitrogens with zero attached hydrogens (tertiary/aromatic N) is 2. The summed E-state index contributed by atoms with van der Waals surface area (Å²) in [6.45, 7) is 6.96. The number of piperazine rings is 1. The van der Waals surface area contributed by atoms with E-state index in [1.165, 1.54) is 5.56 Å². The summed E-state index contributed by atoms with van der Waals surface area (Å²) in [5.74, 6) is 0. The van der Waals surface area contributed by atoms with Crippen molar-refractivity contribution in [3.05, 3.63) is 34.9 Å². The van der Waals surface area contributed by atoms with E-state index in [-0.39, 0.29) is 6.03 Å². The van der Waals surface area contributed by atoms with E-state index in [9.17, 15) is 4.79 Å². The Kier molecular flexibility index (Phi) is 5.05. The number of hydrogen-bond donors (Lipinski definition) is 1. The van der Waals surface area contributed by atoms with E-state index >= 15 is 0 Å². The first-order valence-electron chi connectivity index (χ1n) is 6.68. The molecule has 0 atom stereocenters. The molecule has 19 heavy (non-hydrogen) atoms. The van der Waals surface area contributed by atoms with Crippen molar-refractivity contribution in [2.45, 2.75) is 13.5 Å². The van der Waals surface area contributed by atoms with Crippen molar-refractivity contribution in [3.8, 4) is 0 Å². The van der Waals surface area contributed by atoms with Gasteiger partial charge in [-0.3, -0.25) is 4.90 Å². The van der Waals surface area contributed by atoms with E-state index in [1.807, 2.05) is 24.0 Å². The summed E-state index contributed by atoms with van der Waals surface area (Å²) < 4.78 is 0. The average molecular weight is 282 g/mol. The smallest absolute Gasteiger partial charge is 0.317 e. The van der Waals surface area contributed by atoms with Gasteiger partial charge in [-0.25, -0.2) is 4.79 Å². The molecule has 1 aromatic rings. The monoisotopic (exact) mass is 281 g/mol. The Labute approximate surface area is 119 Å². The van der Waals surface area contributed by atoms with Gasteiger partial charge >= 0.3 is 6.03 Å². The third-order valence-electron chi connectivity index (χ3n) is 3.31. The molecule has 2 rings (SSSR count). The van der Waals surface area contributed by atoms with Crippen molar-refractivity contribution in [2.24, 2.45) is 0 Å². The van der Waals surface area contributed by atoms with Gasteiger partial charge in [-0.2, -0.15) is 0 Å². The first-order valence-corrected chi connectivity index (χ1v) is 7.06. The SMILES string of the molecule is CCNC(=O)N1CCN(Cc2ccc(Cl)cc2)CC1. The van der Waals surface area contributed by atoms with Gasteiger partial charge in [0.15, 0.2) is 0 Å². The predicted octanol–water partition coefficient (Wildman–Crippen LogP) is 2.19. The fourth-order valence-electron chi connectivity index (χ4n) is 2.22. The van der Waals surface area contributed by atoms with Crippen LogP contribution in [0, 0.1) is 0 Å². The van der Waals surface area contributed by atoms with Crippen LogP contribution in [0.4, 0.5) is 4.79 Å². The lowest BCUT2D eigenvalue weighted by Gasteiger charge is -2.34. The molecule has 1 aliphatic heterocycles. The fraction of sp³-hybridized carbons (Fsp3) is 0.500. The molecule has 1 aliphatic rings. The number of amides is 2. The summed E-state index contributed by atoms with van der Waals surface area (Å²) in [5, 5.41) is 3.61. The van der Waals surface area contributed by atoms with E-state index in [4.69, 9.17) is 11.6 Å². The number of carbonyl (C=O) groups is 1. The standard InChI is InChI=1S/C14H20ClN3O/c1-2-16-14(19)18-9-7-17(8-10-18)11-12-3-5-13(15)6-4-12/h3-6H,2,7-11H2,1H3,(H,16,19). The van der Waals surface area contributed by atoms with Crippen LogP contribution in [0.25, 0.3) is 0 Å². The van der Waals surface area contributed by atoms with E-state index in [2.05, 4.69) is 22.3 Å². The predicted molar refractivity (Wildman–Crippen MR) is 77.4 cm³/mol. The number of rotatable bonds is 3. The summed E-state index contributed by atoms with van der Waals surface area (Å²) in [5.41, 5.74) is 1.26. The topological polar surface area (TPSA) is 35.6 Å². The summed E-state index contributed by atoms with van der Waals surface area (Å²) >= 11 is 5.87. The number of benzene rings is 1. The van der Waals surface area contributed by atoms with E-state index < -0.39 is 0 Å². The molecule has 5 heteroatoms. The van der Waals surface area contributed by atoms with Gasteiger partial charge in [-0.15, -0.1) is 0 Å². The highest BCUT2D eigenvalue weighted by Gasteiger charge is 2.20. The van der Waals surface area contributed by atoms with Crippen LogP contribution in [0.2, 0.25) is 5.02 Å². The molecule has 0 saturated carbocycles. The van der Waals surface area contributed by atoms with Crippen molar-refractivity contribution >= 4 is 17.6 Å². The lowest BCUT2D eigenvalue weighted by atomic mass is 10.2. The van der Waals surface area contributed by atoms with Crippen LogP contribution < -0.4 is 5.32 Å². The van der Waals surface area contributed by atoms with Crippen LogP contribution in [0.15, 0.2) is 24.3 Å². The van der Waals surface area contributed by atoms with Crippen LogP contribution in [0.3, 0.4) is 0 Å². The number of urea groups is 1. The van der Waals surface area contributed by atoms with E-state index in [0.29, 0.717) is 6.54 Å². The van der Waals surface area contributed by atoms with Gasteiger partial charge in [-0.05, 0) is 24.6 Å². The summed E-state index contributed by atoms with van der Waals surface area (Å²) in [6, 6.07) is 7.99. The quantitative estimate of drug-likeness (QED) is 0.922. The zero-order chi connectivity index (χ0) is 13.7. The molecule has 1 N–H and O–H groups in total. The highest BCUT2D eigenvalue weighted by molar-refractivity contribution is 6.30. The second kappa shape index (κ2) is 6.78. The molecule has 0 aromatic heterocycles. The van der Waals surface area contributed by atoms with Gasteiger partial charge in [0.25, 0.3) is 0 Å². The lowest BCUT2D eigenvalue weighted by molar-refractivity contribution is 0.135. The summed E-state index contributed by atoms with van der Waals surface area (Å²) in [4.78, 5) is 15.9. The van der Waals surface area contributed by atoms with Gasteiger partial charge < -0.3 is 10.2 Å². The zero-order valence-electron chi connectivity index (χ0n) is 11.2. The molecule has 0 radical (unpaired) electrons. The third-order valence-corrected chi connectivity index (χ3v) is 3.56. The van der Waals surface area contributed by atoms with Crippen LogP contribution in [-0.4, -0.2) is 48.6 Å². The minimum Gasteiger partial charge on any atom is -0.338 e. The molecule has 0 bridgehead atoms. The summed E-state index contributed by atoms with van der Waals surface area (Å²) in [7, 11) is 0. The molecule has 1 heterocycles. The first kappa shape index (κ1) is 14.2. The number of hydrogen-bond acceptors (Lipinski definition) is 2. The molecular formula is C14H20ClN3O. The highest BCUT2D eigenvalue weighted by Crippen LogP contribution is 2.12. The molecule has 0 unspecified atom stereocenters. The van der Waals surface area contributed by atoms with E-state index in [0.717, 1.165) is 37.7 Å². The maximum absolute atomic E-state index is 11.7. The Morgan fingerprint density at radius 1 is 1.21 bits per heavy atom. The summed E-state index contributed by atoms with van der Waals surface area (Å²) in [6.07, 6.45) is 0. The second-order valence-corrected chi connectivity index (χ2v) is 5.16. The Hall–Kier alpha value is -1.26. The normalized spacial score (nSPS) is 16.4.